The standard InChI is InChI=1S/C11H8N2O2/c14-6-7-15-11-8-10(12-13-11)9-4-2-1-3-5-9/h1-5,7-8H,(H,12,13). The van der Waals surface area contributed by atoms with Crippen molar-refractivity contribution in [3.8, 4) is 17.1 Å². The van der Waals surface area contributed by atoms with Crippen LogP contribution in [0.5, 0.6) is 5.88 Å². The molecule has 0 atom stereocenters. The van der Waals surface area contributed by atoms with Crippen molar-refractivity contribution >= 4 is 5.94 Å². The van der Waals surface area contributed by atoms with Crippen molar-refractivity contribution in [1.82, 2.24) is 10.2 Å². The second kappa shape index (κ2) is 4.26. The molecule has 0 radical (unpaired) electrons. The zero-order chi connectivity index (χ0) is 10.5. The van der Waals surface area contributed by atoms with Crippen LogP contribution in [0.15, 0.2) is 42.7 Å². The maximum Gasteiger partial charge on any atom is 0.238 e. The Morgan fingerprint density at radius 1 is 1.33 bits per heavy atom. The first kappa shape index (κ1) is 9.24. The molecule has 0 spiro atoms. The first-order valence-electron chi connectivity index (χ1n) is 4.37. The Morgan fingerprint density at radius 2 is 2.13 bits per heavy atom. The van der Waals surface area contributed by atoms with Crippen LogP contribution in [0.2, 0.25) is 0 Å². The topological polar surface area (TPSA) is 55.0 Å². The van der Waals surface area contributed by atoms with E-state index in [2.05, 4.69) is 10.2 Å². The van der Waals surface area contributed by atoms with Gasteiger partial charge in [-0.05, 0) is 5.56 Å². The Kier molecular flexibility index (Phi) is 2.63. The van der Waals surface area contributed by atoms with Crippen LogP contribution in [-0.4, -0.2) is 16.1 Å². The molecule has 4 heteroatoms. The minimum absolute atomic E-state index is 0.345. The number of nitrogens with zero attached hydrogens (tertiary/aromatic N) is 1. The Balaban J connectivity index is 2.24. The highest BCUT2D eigenvalue weighted by Gasteiger charge is 2.02. The van der Waals surface area contributed by atoms with Crippen LogP contribution in [0.1, 0.15) is 0 Å². The highest BCUT2D eigenvalue weighted by molar-refractivity contribution is 5.59. The van der Waals surface area contributed by atoms with Gasteiger partial charge >= 0.3 is 0 Å². The summed E-state index contributed by atoms with van der Waals surface area (Å²) in [4.78, 5) is 9.91. The molecule has 0 aliphatic carbocycles. The Morgan fingerprint density at radius 3 is 2.87 bits per heavy atom. The van der Waals surface area contributed by atoms with E-state index in [1.807, 2.05) is 30.3 Å². The fraction of sp³-hybridized carbons (Fsp3) is 0. The molecule has 0 saturated carbocycles. The molecule has 74 valence electrons. The molecule has 0 amide bonds. The lowest BCUT2D eigenvalue weighted by Crippen LogP contribution is -1.80. The molecule has 0 aliphatic heterocycles. The minimum Gasteiger partial charge on any atom is -0.434 e. The average Bonchev–Trinajstić information content (AvgIpc) is 2.76. The zero-order valence-corrected chi connectivity index (χ0v) is 7.81. The second-order valence-corrected chi connectivity index (χ2v) is 2.84. The van der Waals surface area contributed by atoms with Gasteiger partial charge in [-0.3, -0.25) is 5.10 Å². The number of hydrogen-bond acceptors (Lipinski definition) is 3. The quantitative estimate of drug-likeness (QED) is 0.607. The van der Waals surface area contributed by atoms with Crippen LogP contribution in [0.3, 0.4) is 0 Å². The lowest BCUT2D eigenvalue weighted by molar-refractivity contribution is 0.457. The number of hydrogen-bond donors (Lipinski definition) is 1. The average molecular weight is 200 g/mol. The van der Waals surface area contributed by atoms with Crippen molar-refractivity contribution in [1.29, 1.82) is 0 Å². The van der Waals surface area contributed by atoms with Gasteiger partial charge < -0.3 is 4.74 Å². The van der Waals surface area contributed by atoms with E-state index in [0.29, 0.717) is 5.88 Å². The van der Waals surface area contributed by atoms with Gasteiger partial charge in [-0.2, -0.15) is 0 Å². The summed E-state index contributed by atoms with van der Waals surface area (Å²) in [5, 5.41) is 6.68. The van der Waals surface area contributed by atoms with Crippen LogP contribution in [0.4, 0.5) is 0 Å². The minimum atomic E-state index is 0.345. The summed E-state index contributed by atoms with van der Waals surface area (Å²) in [6.07, 6.45) is 0.922. The Labute approximate surface area is 86.2 Å². The maximum atomic E-state index is 9.91. The molecule has 0 bridgehead atoms. The number of aromatic amines is 1. The number of H-pyrrole nitrogens is 1. The summed E-state index contributed by atoms with van der Waals surface area (Å²) < 4.78 is 4.87. The van der Waals surface area contributed by atoms with Crippen molar-refractivity contribution in [3.05, 3.63) is 42.7 Å². The fourth-order valence-electron chi connectivity index (χ4n) is 1.21. The first-order chi connectivity index (χ1) is 7.40. The Hall–Kier alpha value is -2.32. The smallest absolute Gasteiger partial charge is 0.238 e. The van der Waals surface area contributed by atoms with E-state index >= 15 is 0 Å². The van der Waals surface area contributed by atoms with E-state index in [1.54, 1.807) is 6.07 Å². The van der Waals surface area contributed by atoms with E-state index in [-0.39, 0.29) is 0 Å². The summed E-state index contributed by atoms with van der Waals surface area (Å²) >= 11 is 0. The molecule has 0 aliphatic rings. The highest BCUT2D eigenvalue weighted by Crippen LogP contribution is 2.19. The Bertz CT molecular complexity index is 484. The molecule has 1 heterocycles. The molecule has 1 N–H and O–H groups in total. The van der Waals surface area contributed by atoms with Crippen LogP contribution in [-0.2, 0) is 4.79 Å². The van der Waals surface area contributed by atoms with Crippen molar-refractivity contribution in [2.45, 2.75) is 0 Å². The van der Waals surface area contributed by atoms with E-state index in [4.69, 9.17) is 4.74 Å². The molecular weight excluding hydrogens is 192 g/mol. The third kappa shape index (κ3) is 2.13. The summed E-state index contributed by atoms with van der Waals surface area (Å²) in [5.41, 5.74) is 1.85. The van der Waals surface area contributed by atoms with Gasteiger partial charge in [-0.25, -0.2) is 4.79 Å². The van der Waals surface area contributed by atoms with Gasteiger partial charge in [0, 0.05) is 6.07 Å². The lowest BCUT2D eigenvalue weighted by Gasteiger charge is -1.93. The summed E-state index contributed by atoms with van der Waals surface area (Å²) in [5.74, 6) is 1.86. The lowest BCUT2D eigenvalue weighted by atomic mass is 10.2. The molecular formula is C11H8N2O2. The molecule has 2 rings (SSSR count). The van der Waals surface area contributed by atoms with Crippen LogP contribution in [0.25, 0.3) is 11.3 Å². The summed E-state index contributed by atoms with van der Waals surface area (Å²) in [7, 11) is 0. The van der Waals surface area contributed by atoms with E-state index in [1.165, 1.54) is 5.94 Å². The maximum absolute atomic E-state index is 9.91. The van der Waals surface area contributed by atoms with Gasteiger partial charge in [0.25, 0.3) is 0 Å². The molecule has 1 aromatic heterocycles. The number of ether oxygens (including phenoxy) is 1. The highest BCUT2D eigenvalue weighted by atomic mass is 16.5. The number of aromatic nitrogens is 2. The molecule has 1 aromatic carbocycles. The first-order valence-corrected chi connectivity index (χ1v) is 4.37. The number of carbonyl (C=O) groups excluding carboxylic acids is 1. The third-order valence-electron chi connectivity index (χ3n) is 1.87. The number of nitrogens with one attached hydrogen (secondary N) is 1. The van der Waals surface area contributed by atoms with Gasteiger partial charge in [0.05, 0.1) is 5.69 Å². The largest absolute Gasteiger partial charge is 0.434 e. The van der Waals surface area contributed by atoms with Gasteiger partial charge in [-0.1, -0.05) is 30.3 Å². The molecule has 4 nitrogen and oxygen atoms in total. The third-order valence-corrected chi connectivity index (χ3v) is 1.87. The van der Waals surface area contributed by atoms with Crippen LogP contribution in [0, 0.1) is 0 Å². The fourth-order valence-corrected chi connectivity index (χ4v) is 1.21. The van der Waals surface area contributed by atoms with Gasteiger partial charge in [0.15, 0.2) is 12.2 Å². The van der Waals surface area contributed by atoms with Crippen molar-refractivity contribution in [3.63, 3.8) is 0 Å². The monoisotopic (exact) mass is 200 g/mol. The van der Waals surface area contributed by atoms with E-state index < -0.39 is 0 Å². The predicted octanol–water partition coefficient (Wildman–Crippen LogP) is 1.80. The number of benzene rings is 1. The van der Waals surface area contributed by atoms with E-state index in [9.17, 15) is 4.79 Å². The van der Waals surface area contributed by atoms with Gasteiger partial charge in [-0.15, -0.1) is 5.10 Å². The predicted molar refractivity (Wildman–Crippen MR) is 54.9 cm³/mol. The van der Waals surface area contributed by atoms with E-state index in [0.717, 1.165) is 17.5 Å². The molecule has 0 unspecified atom stereocenters. The van der Waals surface area contributed by atoms with Crippen molar-refractivity contribution < 1.29 is 9.53 Å². The summed E-state index contributed by atoms with van der Waals surface area (Å²) in [6.45, 7) is 0. The van der Waals surface area contributed by atoms with Crippen LogP contribution < -0.4 is 4.74 Å². The molecule has 15 heavy (non-hydrogen) atoms. The van der Waals surface area contributed by atoms with Crippen molar-refractivity contribution in [2.75, 3.05) is 0 Å². The summed E-state index contributed by atoms with van der Waals surface area (Å²) in [6, 6.07) is 11.4. The second-order valence-electron chi connectivity index (χ2n) is 2.84. The van der Waals surface area contributed by atoms with Crippen LogP contribution >= 0.6 is 0 Å². The van der Waals surface area contributed by atoms with Crippen molar-refractivity contribution in [2.24, 2.45) is 0 Å². The normalized spacial score (nSPS) is 9.33. The molecule has 0 saturated heterocycles. The SMILES string of the molecule is O=C=COc1cc(-c2ccccc2)[nH]n1. The molecule has 2 aromatic rings. The number of rotatable bonds is 3. The zero-order valence-electron chi connectivity index (χ0n) is 7.81. The van der Waals surface area contributed by atoms with Gasteiger partial charge in [0.1, 0.15) is 0 Å². The molecule has 0 fully saturated rings. The van der Waals surface area contributed by atoms with Gasteiger partial charge in [0.2, 0.25) is 5.88 Å².